The summed E-state index contributed by atoms with van der Waals surface area (Å²) in [5.41, 5.74) is 9.58. The maximum atomic E-state index is 13.7. The van der Waals surface area contributed by atoms with Gasteiger partial charge in [0, 0.05) is 48.0 Å². The van der Waals surface area contributed by atoms with E-state index in [0.29, 0.717) is 6.54 Å². The van der Waals surface area contributed by atoms with Gasteiger partial charge in [0.25, 0.3) is 5.91 Å². The summed E-state index contributed by atoms with van der Waals surface area (Å²) in [6.07, 6.45) is 7.90. The van der Waals surface area contributed by atoms with Crippen molar-refractivity contribution in [1.29, 1.82) is 0 Å². The number of hydrogen-bond acceptors (Lipinski definition) is 3. The van der Waals surface area contributed by atoms with Gasteiger partial charge < -0.3 is 9.97 Å². The van der Waals surface area contributed by atoms with Crippen LogP contribution < -0.4 is 5.48 Å². The number of aromatic amines is 2. The Labute approximate surface area is 203 Å². The summed E-state index contributed by atoms with van der Waals surface area (Å²) < 4.78 is 13.7. The summed E-state index contributed by atoms with van der Waals surface area (Å²) in [5.74, 6) is -0.873. The molecule has 5 rings (SSSR count). The molecule has 1 amide bonds. The second-order valence-corrected chi connectivity index (χ2v) is 9.24. The zero-order valence-electron chi connectivity index (χ0n) is 19.6. The van der Waals surface area contributed by atoms with Gasteiger partial charge in [-0.1, -0.05) is 30.3 Å². The van der Waals surface area contributed by atoms with E-state index in [1.807, 2.05) is 12.1 Å². The zero-order chi connectivity index (χ0) is 24.4. The van der Waals surface area contributed by atoms with Crippen LogP contribution in [-0.2, 0) is 24.2 Å². The molecule has 180 valence electrons. The molecular weight excluding hydrogens is 443 g/mol. The van der Waals surface area contributed by atoms with Crippen molar-refractivity contribution in [2.45, 2.75) is 38.8 Å². The largest absolute Gasteiger partial charge is 0.361 e. The Morgan fingerprint density at radius 1 is 1.23 bits per heavy atom. The van der Waals surface area contributed by atoms with Gasteiger partial charge >= 0.3 is 0 Å². The molecule has 1 aliphatic rings. The number of nitrogens with zero attached hydrogens (tertiary/aromatic N) is 1. The molecule has 4 aromatic rings. The molecule has 0 aliphatic heterocycles. The molecule has 35 heavy (non-hydrogen) atoms. The number of aromatic nitrogens is 2. The van der Waals surface area contributed by atoms with Crippen LogP contribution in [0.3, 0.4) is 0 Å². The van der Waals surface area contributed by atoms with E-state index in [4.69, 9.17) is 5.21 Å². The Hall–Kier alpha value is -3.68. The van der Waals surface area contributed by atoms with E-state index in [1.54, 1.807) is 11.6 Å². The van der Waals surface area contributed by atoms with E-state index < -0.39 is 5.91 Å². The van der Waals surface area contributed by atoms with Gasteiger partial charge in [0.1, 0.15) is 0 Å². The molecular formula is C28H29FN4O2. The molecule has 0 saturated heterocycles. The number of aryl methyl sites for hydroxylation is 2. The van der Waals surface area contributed by atoms with Crippen molar-refractivity contribution in [3.63, 3.8) is 0 Å². The van der Waals surface area contributed by atoms with Crippen LogP contribution in [0, 0.1) is 12.9 Å². The summed E-state index contributed by atoms with van der Waals surface area (Å²) in [6, 6.07) is 16.2. The van der Waals surface area contributed by atoms with Crippen LogP contribution in [0.25, 0.3) is 17.0 Å². The number of hydroxylamine groups is 1. The second-order valence-electron chi connectivity index (χ2n) is 9.24. The van der Waals surface area contributed by atoms with Gasteiger partial charge in [-0.15, -0.1) is 0 Å². The monoisotopic (exact) mass is 472 g/mol. The highest BCUT2D eigenvalue weighted by molar-refractivity contribution is 5.90. The van der Waals surface area contributed by atoms with Gasteiger partial charge in [-0.25, -0.2) is 5.48 Å². The third-order valence-electron chi connectivity index (χ3n) is 6.87. The molecule has 7 heteroatoms. The van der Waals surface area contributed by atoms with Gasteiger partial charge in [0.2, 0.25) is 0 Å². The van der Waals surface area contributed by atoms with Gasteiger partial charge in [0.05, 0.1) is 0 Å². The zero-order valence-corrected chi connectivity index (χ0v) is 19.6. The number of amides is 1. The highest BCUT2D eigenvalue weighted by Crippen LogP contribution is 2.37. The average Bonchev–Trinajstić information content (AvgIpc) is 3.58. The van der Waals surface area contributed by atoms with Crippen molar-refractivity contribution in [2.75, 3.05) is 6.54 Å². The van der Waals surface area contributed by atoms with E-state index in [0.717, 1.165) is 42.6 Å². The molecule has 6 nitrogen and oxygen atoms in total. The van der Waals surface area contributed by atoms with Crippen molar-refractivity contribution >= 4 is 22.9 Å². The van der Waals surface area contributed by atoms with Crippen LogP contribution in [-0.4, -0.2) is 32.5 Å². The van der Waals surface area contributed by atoms with Gasteiger partial charge in [-0.05, 0) is 78.3 Å². The molecule has 0 saturated carbocycles. The number of carbonyl (C=O) groups excluding carboxylic acids is 1. The SMILES string of the molecule is Cc1ccc2c(CCN(Cc3ccc(F)[nH]3)C3CCc4cc(/C=C/C(=O)NO)ccc43)c[nH]c2c1. The molecule has 2 aromatic carbocycles. The third-order valence-corrected chi connectivity index (χ3v) is 6.87. The van der Waals surface area contributed by atoms with Crippen LogP contribution in [0.1, 0.15) is 46.0 Å². The summed E-state index contributed by atoms with van der Waals surface area (Å²) >= 11 is 0. The first-order chi connectivity index (χ1) is 17.0. The molecule has 2 aromatic heterocycles. The fraction of sp³-hybridized carbons (Fsp3) is 0.250. The quantitative estimate of drug-likeness (QED) is 0.162. The molecule has 4 N–H and O–H groups in total. The van der Waals surface area contributed by atoms with E-state index in [2.05, 4.69) is 58.3 Å². The number of H-pyrrole nitrogens is 2. The Morgan fingerprint density at radius 2 is 2.11 bits per heavy atom. The summed E-state index contributed by atoms with van der Waals surface area (Å²) in [7, 11) is 0. The topological polar surface area (TPSA) is 84.2 Å². The maximum absolute atomic E-state index is 13.7. The summed E-state index contributed by atoms with van der Waals surface area (Å²) in [5, 5.41) is 9.94. The first-order valence-electron chi connectivity index (χ1n) is 11.9. The first kappa shape index (κ1) is 23.1. The standard InChI is InChI=1S/C28H29FN4O2/c1-18-2-7-23-21(16-30-25(23)14-18)12-13-33(17-22-6-10-27(29)31-22)26-9-5-20-15-19(3-8-24(20)26)4-11-28(34)32-35/h2-4,6-8,10-11,14-16,26,30-31,35H,5,9,12-13,17H2,1H3,(H,32,34)/b11-4+. The Balaban J connectivity index is 1.38. The molecule has 0 radical (unpaired) electrons. The van der Waals surface area contributed by atoms with Crippen LogP contribution in [0.2, 0.25) is 0 Å². The minimum Gasteiger partial charge on any atom is -0.361 e. The minimum absolute atomic E-state index is 0.225. The van der Waals surface area contributed by atoms with Crippen LogP contribution in [0.5, 0.6) is 0 Å². The highest BCUT2D eigenvalue weighted by Gasteiger charge is 2.28. The molecule has 0 fully saturated rings. The Kier molecular flexibility index (Phi) is 6.53. The summed E-state index contributed by atoms with van der Waals surface area (Å²) in [6.45, 7) is 3.56. The average molecular weight is 473 g/mol. The van der Waals surface area contributed by atoms with E-state index in [1.165, 1.54) is 39.8 Å². The molecule has 1 unspecified atom stereocenters. The first-order valence-corrected chi connectivity index (χ1v) is 11.9. The lowest BCUT2D eigenvalue weighted by molar-refractivity contribution is -0.124. The lowest BCUT2D eigenvalue weighted by Gasteiger charge is -2.29. The number of hydrogen-bond donors (Lipinski definition) is 4. The number of carbonyl (C=O) groups is 1. The second kappa shape index (κ2) is 9.90. The third kappa shape index (κ3) is 5.06. The Bertz CT molecular complexity index is 1390. The van der Waals surface area contributed by atoms with E-state index >= 15 is 0 Å². The predicted molar refractivity (Wildman–Crippen MR) is 134 cm³/mol. The van der Waals surface area contributed by atoms with Crippen LogP contribution in [0.15, 0.2) is 60.8 Å². The fourth-order valence-corrected chi connectivity index (χ4v) is 5.14. The van der Waals surface area contributed by atoms with Gasteiger partial charge in [0.15, 0.2) is 5.95 Å². The molecule has 0 spiro atoms. The lowest BCUT2D eigenvalue weighted by atomic mass is 10.0. The number of rotatable bonds is 8. The van der Waals surface area contributed by atoms with Crippen LogP contribution >= 0.6 is 0 Å². The van der Waals surface area contributed by atoms with Crippen molar-refractivity contribution in [3.05, 3.63) is 100 Å². The lowest BCUT2D eigenvalue weighted by Crippen LogP contribution is -2.29. The molecule has 1 atom stereocenters. The van der Waals surface area contributed by atoms with Crippen molar-refractivity contribution < 1.29 is 14.4 Å². The van der Waals surface area contributed by atoms with Crippen LogP contribution in [0.4, 0.5) is 4.39 Å². The van der Waals surface area contributed by atoms with Gasteiger partial charge in [-0.2, -0.15) is 4.39 Å². The normalized spacial score (nSPS) is 15.4. The van der Waals surface area contributed by atoms with E-state index in [-0.39, 0.29) is 12.0 Å². The predicted octanol–water partition coefficient (Wildman–Crippen LogP) is 5.19. The number of halogens is 1. The molecule has 2 heterocycles. The molecule has 0 bridgehead atoms. The van der Waals surface area contributed by atoms with Crippen molar-refractivity contribution in [3.8, 4) is 0 Å². The number of benzene rings is 2. The fourth-order valence-electron chi connectivity index (χ4n) is 5.14. The minimum atomic E-state index is -0.555. The van der Waals surface area contributed by atoms with Gasteiger partial charge in [-0.3, -0.25) is 14.9 Å². The number of nitrogens with one attached hydrogen (secondary N) is 3. The van der Waals surface area contributed by atoms with Crippen molar-refractivity contribution in [1.82, 2.24) is 20.3 Å². The molecule has 1 aliphatic carbocycles. The van der Waals surface area contributed by atoms with E-state index in [9.17, 15) is 9.18 Å². The number of fused-ring (bicyclic) bond motifs is 2. The maximum Gasteiger partial charge on any atom is 0.267 e. The smallest absolute Gasteiger partial charge is 0.267 e. The highest BCUT2D eigenvalue weighted by atomic mass is 19.1. The Morgan fingerprint density at radius 3 is 2.91 bits per heavy atom. The van der Waals surface area contributed by atoms with Crippen molar-refractivity contribution in [2.24, 2.45) is 0 Å². The summed E-state index contributed by atoms with van der Waals surface area (Å²) in [4.78, 5) is 20.0.